The van der Waals surface area contributed by atoms with Crippen LogP contribution in [0.1, 0.15) is 17.0 Å². The van der Waals surface area contributed by atoms with Crippen LogP contribution in [0.2, 0.25) is 0 Å². The van der Waals surface area contributed by atoms with Crippen molar-refractivity contribution in [2.45, 2.75) is 30.8 Å². The molecular weight excluding hydrogens is 421 g/mol. The highest BCUT2D eigenvalue weighted by molar-refractivity contribution is 5.91. The fourth-order valence-corrected chi connectivity index (χ4v) is 4.02. The molecule has 2 saturated heterocycles. The molecule has 9 nitrogen and oxygen atoms in total. The van der Waals surface area contributed by atoms with Gasteiger partial charge in [0.25, 0.3) is 5.91 Å². The smallest absolute Gasteiger partial charge is 0.287 e. The van der Waals surface area contributed by atoms with E-state index in [0.29, 0.717) is 26.2 Å². The van der Waals surface area contributed by atoms with Gasteiger partial charge in [-0.2, -0.15) is 0 Å². The fourth-order valence-electron chi connectivity index (χ4n) is 4.02. The number of aliphatic hydroxyl groups is 2. The van der Waals surface area contributed by atoms with Crippen molar-refractivity contribution in [3.8, 4) is 0 Å². The van der Waals surface area contributed by atoms with E-state index in [-0.39, 0.29) is 30.5 Å². The first-order chi connectivity index (χ1) is 15.4. The Bertz CT molecular complexity index is 914. The van der Waals surface area contributed by atoms with Gasteiger partial charge in [0.1, 0.15) is 24.1 Å². The molecular formula is C22H26FN3O6. The molecule has 0 radical (unpaired) electrons. The first kappa shape index (κ1) is 22.3. The topological polar surface area (TPSA) is 115 Å². The lowest BCUT2D eigenvalue weighted by molar-refractivity contribution is -0.135. The first-order valence-electron chi connectivity index (χ1n) is 10.5. The predicted octanol–water partition coefficient (Wildman–Crippen LogP) is 0.377. The van der Waals surface area contributed by atoms with Crippen molar-refractivity contribution < 1.29 is 33.3 Å². The third-order valence-corrected chi connectivity index (χ3v) is 5.87. The number of benzene rings is 1. The molecule has 2 fully saturated rings. The van der Waals surface area contributed by atoms with E-state index >= 15 is 0 Å². The van der Waals surface area contributed by atoms with E-state index < -0.39 is 30.3 Å². The number of carbonyl (C=O) groups excluding carboxylic acids is 2. The largest absolute Gasteiger partial charge is 0.459 e. The molecule has 172 valence electrons. The number of hydrogen-bond acceptors (Lipinski definition) is 7. The monoisotopic (exact) mass is 447 g/mol. The van der Waals surface area contributed by atoms with E-state index in [9.17, 15) is 24.2 Å². The Hall–Kier alpha value is -2.95. The van der Waals surface area contributed by atoms with Crippen LogP contribution in [-0.4, -0.2) is 84.1 Å². The Labute approximate surface area is 184 Å². The number of anilines is 1. The van der Waals surface area contributed by atoms with Crippen LogP contribution in [0.3, 0.4) is 0 Å². The molecule has 0 saturated carbocycles. The highest BCUT2D eigenvalue weighted by Crippen LogP contribution is 2.25. The minimum absolute atomic E-state index is 0.0290. The van der Waals surface area contributed by atoms with Crippen LogP contribution < -0.4 is 10.2 Å². The Morgan fingerprint density at radius 1 is 1.03 bits per heavy atom. The van der Waals surface area contributed by atoms with Crippen LogP contribution in [0.5, 0.6) is 0 Å². The normalized spacial score (nSPS) is 25.7. The summed E-state index contributed by atoms with van der Waals surface area (Å²) in [6.45, 7) is 2.16. The molecule has 3 heterocycles. The maximum atomic E-state index is 13.1. The number of nitrogens with zero attached hydrogens (tertiary/aromatic N) is 2. The summed E-state index contributed by atoms with van der Waals surface area (Å²) in [6.07, 6.45) is -2.85. The Balaban J connectivity index is 1.25. The average Bonchev–Trinajstić information content (AvgIpc) is 3.43. The fraction of sp³-hybridized carbons (Fsp3) is 0.455. The molecule has 2 aliphatic heterocycles. The van der Waals surface area contributed by atoms with Crippen molar-refractivity contribution in [1.82, 2.24) is 10.2 Å². The Kier molecular flexibility index (Phi) is 6.73. The molecule has 3 N–H and O–H groups in total. The third-order valence-electron chi connectivity index (χ3n) is 5.87. The summed E-state index contributed by atoms with van der Waals surface area (Å²) in [6, 6.07) is 9.33. The minimum atomic E-state index is -1.23. The number of hydrogen-bond donors (Lipinski definition) is 3. The molecule has 0 bridgehead atoms. The second-order valence-corrected chi connectivity index (χ2v) is 7.93. The number of piperazine rings is 1. The van der Waals surface area contributed by atoms with Gasteiger partial charge < -0.3 is 34.5 Å². The van der Waals surface area contributed by atoms with Gasteiger partial charge in [-0.1, -0.05) is 0 Å². The summed E-state index contributed by atoms with van der Waals surface area (Å²) in [4.78, 5) is 28.5. The van der Waals surface area contributed by atoms with Gasteiger partial charge in [-0.25, -0.2) is 4.39 Å². The first-order valence-corrected chi connectivity index (χ1v) is 10.5. The second-order valence-electron chi connectivity index (χ2n) is 7.93. The predicted molar refractivity (Wildman–Crippen MR) is 112 cm³/mol. The summed E-state index contributed by atoms with van der Waals surface area (Å²) in [5.41, 5.74) is 0.899. The average molecular weight is 447 g/mol. The van der Waals surface area contributed by atoms with Crippen molar-refractivity contribution in [3.63, 3.8) is 0 Å². The Morgan fingerprint density at radius 2 is 1.72 bits per heavy atom. The molecule has 0 aliphatic carbocycles. The number of amides is 2. The van der Waals surface area contributed by atoms with E-state index in [2.05, 4.69) is 10.2 Å². The van der Waals surface area contributed by atoms with Crippen LogP contribution >= 0.6 is 0 Å². The van der Waals surface area contributed by atoms with Crippen molar-refractivity contribution in [3.05, 3.63) is 54.2 Å². The molecule has 0 spiro atoms. The zero-order valence-electron chi connectivity index (χ0n) is 17.4. The number of ether oxygens (including phenoxy) is 1. The molecule has 10 heteroatoms. The molecule has 0 unspecified atom stereocenters. The summed E-state index contributed by atoms with van der Waals surface area (Å²) >= 11 is 0. The maximum absolute atomic E-state index is 13.1. The van der Waals surface area contributed by atoms with Gasteiger partial charge in [0.05, 0.1) is 18.8 Å². The van der Waals surface area contributed by atoms with Gasteiger partial charge in [0.2, 0.25) is 5.91 Å². The molecule has 2 aliphatic rings. The zero-order valence-corrected chi connectivity index (χ0v) is 17.4. The van der Waals surface area contributed by atoms with E-state index in [1.54, 1.807) is 23.1 Å². The van der Waals surface area contributed by atoms with Gasteiger partial charge in [-0.05, 0) is 36.4 Å². The van der Waals surface area contributed by atoms with Crippen molar-refractivity contribution in [1.29, 1.82) is 0 Å². The number of aliphatic hydroxyl groups excluding tert-OH is 2. The van der Waals surface area contributed by atoms with Gasteiger partial charge in [-0.3, -0.25) is 9.59 Å². The van der Waals surface area contributed by atoms with E-state index in [4.69, 9.17) is 9.15 Å². The number of carbonyl (C=O) groups is 2. The summed E-state index contributed by atoms with van der Waals surface area (Å²) in [5, 5.41) is 23.2. The van der Waals surface area contributed by atoms with Crippen LogP contribution in [0.4, 0.5) is 10.1 Å². The number of nitrogens with one attached hydrogen (secondary N) is 1. The third kappa shape index (κ3) is 4.93. The SMILES string of the molecule is O=C(NC[C@@H]1O[C@@H](CC(=O)N2CCN(c3ccc(F)cc3)CC2)[C@H](O)[C@@H]1O)c1ccco1. The zero-order chi connectivity index (χ0) is 22.7. The van der Waals surface area contributed by atoms with Crippen LogP contribution in [0.25, 0.3) is 0 Å². The second kappa shape index (κ2) is 9.68. The van der Waals surface area contributed by atoms with Gasteiger partial charge in [0.15, 0.2) is 5.76 Å². The van der Waals surface area contributed by atoms with Crippen LogP contribution in [0.15, 0.2) is 47.1 Å². The lowest BCUT2D eigenvalue weighted by Crippen LogP contribution is -2.49. The molecule has 32 heavy (non-hydrogen) atoms. The van der Waals surface area contributed by atoms with Crippen LogP contribution in [0, 0.1) is 5.82 Å². The molecule has 1 aromatic heterocycles. The summed E-state index contributed by atoms with van der Waals surface area (Å²) in [7, 11) is 0. The number of rotatable bonds is 6. The Morgan fingerprint density at radius 3 is 2.38 bits per heavy atom. The highest BCUT2D eigenvalue weighted by atomic mass is 19.1. The van der Waals surface area contributed by atoms with Crippen molar-refractivity contribution >= 4 is 17.5 Å². The highest BCUT2D eigenvalue weighted by Gasteiger charge is 2.44. The minimum Gasteiger partial charge on any atom is -0.459 e. The van der Waals surface area contributed by atoms with Crippen molar-refractivity contribution in [2.75, 3.05) is 37.6 Å². The van der Waals surface area contributed by atoms with E-state index in [0.717, 1.165) is 5.69 Å². The van der Waals surface area contributed by atoms with Crippen molar-refractivity contribution in [2.24, 2.45) is 0 Å². The quantitative estimate of drug-likeness (QED) is 0.586. The lowest BCUT2D eigenvalue weighted by atomic mass is 10.0. The van der Waals surface area contributed by atoms with Crippen LogP contribution in [-0.2, 0) is 9.53 Å². The maximum Gasteiger partial charge on any atom is 0.287 e. The van der Waals surface area contributed by atoms with Gasteiger partial charge in [0, 0.05) is 38.4 Å². The van der Waals surface area contributed by atoms with E-state index in [1.165, 1.54) is 24.5 Å². The van der Waals surface area contributed by atoms with E-state index in [1.807, 2.05) is 0 Å². The van der Waals surface area contributed by atoms with Gasteiger partial charge >= 0.3 is 0 Å². The molecule has 2 amide bonds. The summed E-state index contributed by atoms with van der Waals surface area (Å²) < 4.78 is 23.8. The number of halogens is 1. The molecule has 4 atom stereocenters. The lowest BCUT2D eigenvalue weighted by Gasteiger charge is -2.36. The summed E-state index contributed by atoms with van der Waals surface area (Å²) in [5.74, 6) is -0.803. The molecule has 4 rings (SSSR count). The standard InChI is InChI=1S/C22H26FN3O6/c23-14-3-5-15(6-4-14)25-7-9-26(10-8-25)19(27)12-17-20(28)21(29)18(32-17)13-24-22(30)16-2-1-11-31-16/h1-6,11,17-18,20-21,28-29H,7-10,12-13H2,(H,24,30)/t17-,18-,20-,21+/m0/s1. The number of furan rings is 1. The van der Waals surface area contributed by atoms with Gasteiger partial charge in [-0.15, -0.1) is 0 Å². The molecule has 2 aromatic rings. The molecule has 1 aromatic carbocycles.